The molecule has 0 bridgehead atoms. The van der Waals surface area contributed by atoms with Gasteiger partial charge in [-0.05, 0) is 20.3 Å². The van der Waals surface area contributed by atoms with Crippen molar-refractivity contribution in [2.24, 2.45) is 5.92 Å². The fraction of sp³-hybridized carbons (Fsp3) is 0.833. The van der Waals surface area contributed by atoms with Gasteiger partial charge in [0.15, 0.2) is 0 Å². The number of hydrogen-bond donors (Lipinski definition) is 0. The van der Waals surface area contributed by atoms with Crippen molar-refractivity contribution >= 4 is 17.7 Å². The van der Waals surface area contributed by atoms with Crippen molar-refractivity contribution in [3.63, 3.8) is 0 Å². The normalized spacial score (nSPS) is 11.8. The van der Waals surface area contributed by atoms with Gasteiger partial charge in [-0.25, -0.2) is 4.79 Å². The largest absolute Gasteiger partial charge is 0.465 e. The lowest BCUT2D eigenvalue weighted by atomic mass is 9.96. The number of hydrogen-bond acceptors (Lipinski definition) is 5. The molecule has 0 aliphatic heterocycles. The van der Waals surface area contributed by atoms with E-state index in [1.807, 2.05) is 0 Å². The van der Waals surface area contributed by atoms with Crippen LogP contribution in [0.3, 0.4) is 0 Å². The third-order valence-electron chi connectivity index (χ3n) is 3.71. The summed E-state index contributed by atoms with van der Waals surface area (Å²) in [5.74, 6) is -3.36. The fourth-order valence-corrected chi connectivity index (χ4v) is 2.43. The predicted molar refractivity (Wildman–Crippen MR) is 89.0 cm³/mol. The van der Waals surface area contributed by atoms with Gasteiger partial charge < -0.3 is 9.47 Å². The summed E-state index contributed by atoms with van der Waals surface area (Å²) >= 11 is 0. The van der Waals surface area contributed by atoms with E-state index < -0.39 is 23.6 Å². The molecule has 1 unspecified atom stereocenters. The number of unbranched alkanes of at least 4 members (excludes halogenated alkanes) is 7. The highest BCUT2D eigenvalue weighted by Gasteiger charge is 2.33. The monoisotopic (exact) mass is 328 g/mol. The third-order valence-corrected chi connectivity index (χ3v) is 3.71. The van der Waals surface area contributed by atoms with E-state index in [-0.39, 0.29) is 13.2 Å². The van der Waals surface area contributed by atoms with E-state index in [1.165, 1.54) is 32.1 Å². The van der Waals surface area contributed by atoms with Crippen molar-refractivity contribution in [3.8, 4) is 0 Å². The predicted octanol–water partition coefficient (Wildman–Crippen LogP) is 3.83. The Morgan fingerprint density at radius 2 is 1.26 bits per heavy atom. The minimum Gasteiger partial charge on any atom is -0.465 e. The van der Waals surface area contributed by atoms with Crippen LogP contribution in [0.4, 0.5) is 0 Å². The number of ether oxygens (including phenoxy) is 2. The standard InChI is InChI=1S/C18H32O5/c1-4-7-8-9-10-11-12-13-14-15(17(20)22-5-2)16(19)18(21)23-6-3/h15H,4-14H2,1-3H3. The van der Waals surface area contributed by atoms with Crippen molar-refractivity contribution in [2.75, 3.05) is 13.2 Å². The number of carbonyl (C=O) groups is 3. The van der Waals surface area contributed by atoms with Crippen LogP contribution in [0.15, 0.2) is 0 Å². The Morgan fingerprint density at radius 1 is 0.739 bits per heavy atom. The second-order valence-corrected chi connectivity index (χ2v) is 5.65. The highest BCUT2D eigenvalue weighted by atomic mass is 16.5. The first kappa shape index (κ1) is 21.6. The summed E-state index contributed by atoms with van der Waals surface area (Å²) in [4.78, 5) is 35.4. The smallest absolute Gasteiger partial charge is 0.375 e. The Bertz CT molecular complexity index is 351. The molecule has 0 aromatic rings. The molecule has 0 aliphatic carbocycles. The van der Waals surface area contributed by atoms with E-state index in [1.54, 1.807) is 13.8 Å². The Kier molecular flexibility index (Phi) is 13.4. The average Bonchev–Trinajstić information content (AvgIpc) is 2.53. The van der Waals surface area contributed by atoms with Crippen LogP contribution >= 0.6 is 0 Å². The maximum atomic E-state index is 12.0. The maximum Gasteiger partial charge on any atom is 0.375 e. The lowest BCUT2D eigenvalue weighted by molar-refractivity contribution is -0.162. The van der Waals surface area contributed by atoms with Crippen LogP contribution in [-0.2, 0) is 23.9 Å². The van der Waals surface area contributed by atoms with Gasteiger partial charge >= 0.3 is 11.9 Å². The fourth-order valence-electron chi connectivity index (χ4n) is 2.43. The molecule has 0 spiro atoms. The van der Waals surface area contributed by atoms with Crippen LogP contribution in [0.25, 0.3) is 0 Å². The number of carbonyl (C=O) groups excluding carboxylic acids is 3. The molecule has 0 saturated heterocycles. The molecule has 0 amide bonds. The molecule has 0 aromatic carbocycles. The molecule has 134 valence electrons. The number of Topliss-reactive ketones (excluding diaryl/α,β-unsaturated/α-hetero) is 1. The number of ketones is 1. The molecular weight excluding hydrogens is 296 g/mol. The summed E-state index contributed by atoms with van der Waals surface area (Å²) < 4.78 is 9.61. The summed E-state index contributed by atoms with van der Waals surface area (Å²) in [5, 5.41) is 0. The van der Waals surface area contributed by atoms with Gasteiger partial charge in [-0.15, -0.1) is 0 Å². The van der Waals surface area contributed by atoms with Gasteiger partial charge in [0, 0.05) is 0 Å². The van der Waals surface area contributed by atoms with Crippen molar-refractivity contribution in [1.29, 1.82) is 0 Å². The lowest BCUT2D eigenvalue weighted by Crippen LogP contribution is -2.33. The van der Waals surface area contributed by atoms with Crippen LogP contribution in [0, 0.1) is 5.92 Å². The van der Waals surface area contributed by atoms with Crippen LogP contribution in [0.5, 0.6) is 0 Å². The number of esters is 2. The van der Waals surface area contributed by atoms with Crippen molar-refractivity contribution < 1.29 is 23.9 Å². The molecule has 0 aliphatic rings. The second kappa shape index (κ2) is 14.2. The Labute approximate surface area is 140 Å². The first-order valence-corrected chi connectivity index (χ1v) is 8.95. The molecule has 0 radical (unpaired) electrons. The molecular formula is C18H32O5. The first-order valence-electron chi connectivity index (χ1n) is 8.95. The third kappa shape index (κ3) is 10.1. The highest BCUT2D eigenvalue weighted by Crippen LogP contribution is 2.16. The van der Waals surface area contributed by atoms with Crippen molar-refractivity contribution in [2.45, 2.75) is 78.6 Å². The van der Waals surface area contributed by atoms with E-state index in [0.717, 1.165) is 19.3 Å². The van der Waals surface area contributed by atoms with E-state index >= 15 is 0 Å². The maximum absolute atomic E-state index is 12.0. The second-order valence-electron chi connectivity index (χ2n) is 5.65. The zero-order valence-electron chi connectivity index (χ0n) is 14.9. The molecule has 0 rings (SSSR count). The zero-order chi connectivity index (χ0) is 17.5. The molecule has 23 heavy (non-hydrogen) atoms. The number of rotatable bonds is 14. The van der Waals surface area contributed by atoms with Gasteiger partial charge in [-0.1, -0.05) is 58.3 Å². The summed E-state index contributed by atoms with van der Waals surface area (Å²) in [6, 6.07) is 0. The SMILES string of the molecule is CCCCCCCCCCC(C(=O)OCC)C(=O)C(=O)OCC. The Morgan fingerprint density at radius 3 is 1.78 bits per heavy atom. The highest BCUT2D eigenvalue weighted by molar-refractivity contribution is 6.37. The minimum atomic E-state index is -1.02. The van der Waals surface area contributed by atoms with E-state index in [0.29, 0.717) is 6.42 Å². The minimum absolute atomic E-state index is 0.123. The molecule has 0 N–H and O–H groups in total. The summed E-state index contributed by atoms with van der Waals surface area (Å²) in [7, 11) is 0. The Hall–Kier alpha value is -1.39. The summed E-state index contributed by atoms with van der Waals surface area (Å²) in [6.45, 7) is 5.82. The van der Waals surface area contributed by atoms with Crippen LogP contribution < -0.4 is 0 Å². The molecule has 5 nitrogen and oxygen atoms in total. The molecule has 0 saturated carbocycles. The average molecular weight is 328 g/mol. The zero-order valence-corrected chi connectivity index (χ0v) is 14.9. The van der Waals surface area contributed by atoms with Gasteiger partial charge in [0.1, 0.15) is 5.92 Å². The Balaban J connectivity index is 4.20. The van der Waals surface area contributed by atoms with E-state index in [2.05, 4.69) is 6.92 Å². The molecule has 0 aromatic heterocycles. The van der Waals surface area contributed by atoms with Crippen molar-refractivity contribution in [3.05, 3.63) is 0 Å². The van der Waals surface area contributed by atoms with E-state index in [9.17, 15) is 14.4 Å². The quantitative estimate of drug-likeness (QED) is 0.210. The molecule has 1 atom stereocenters. The summed E-state index contributed by atoms with van der Waals surface area (Å²) in [5.41, 5.74) is 0. The lowest BCUT2D eigenvalue weighted by Gasteiger charge is -2.13. The van der Waals surface area contributed by atoms with Crippen LogP contribution in [0.1, 0.15) is 78.6 Å². The molecule has 5 heteroatoms. The van der Waals surface area contributed by atoms with Gasteiger partial charge in [0.25, 0.3) is 5.78 Å². The van der Waals surface area contributed by atoms with Gasteiger partial charge in [-0.3, -0.25) is 9.59 Å². The van der Waals surface area contributed by atoms with Gasteiger partial charge in [-0.2, -0.15) is 0 Å². The van der Waals surface area contributed by atoms with Crippen molar-refractivity contribution in [1.82, 2.24) is 0 Å². The van der Waals surface area contributed by atoms with Gasteiger partial charge in [0.05, 0.1) is 13.2 Å². The van der Waals surface area contributed by atoms with Crippen LogP contribution in [-0.4, -0.2) is 30.9 Å². The molecule has 0 heterocycles. The molecule has 0 fully saturated rings. The summed E-state index contributed by atoms with van der Waals surface area (Å²) in [6.07, 6.45) is 9.32. The van der Waals surface area contributed by atoms with Crippen LogP contribution in [0.2, 0.25) is 0 Å². The van der Waals surface area contributed by atoms with Gasteiger partial charge in [0.2, 0.25) is 0 Å². The topological polar surface area (TPSA) is 69.7 Å². The van der Waals surface area contributed by atoms with E-state index in [4.69, 9.17) is 9.47 Å². The first-order chi connectivity index (χ1) is 11.1.